The van der Waals surface area contributed by atoms with Crippen LogP contribution in [0.3, 0.4) is 0 Å². The summed E-state index contributed by atoms with van der Waals surface area (Å²) in [5.74, 6) is 3.23. The molecular formula is C12H16S. The molecule has 0 aromatic rings. The summed E-state index contributed by atoms with van der Waals surface area (Å²) in [5, 5.41) is 0. The first-order valence-electron chi connectivity index (χ1n) is 5.87. The van der Waals surface area contributed by atoms with Crippen molar-refractivity contribution < 1.29 is 0 Å². The summed E-state index contributed by atoms with van der Waals surface area (Å²) in [7, 11) is 0. The molecule has 0 heterocycles. The van der Waals surface area contributed by atoms with Gasteiger partial charge in [0.25, 0.3) is 0 Å². The van der Waals surface area contributed by atoms with Gasteiger partial charge in [-0.1, -0.05) is 13.8 Å². The Balaban J connectivity index is 1.82. The van der Waals surface area contributed by atoms with Gasteiger partial charge < -0.3 is 0 Å². The normalized spacial score (nSPS) is 89.3. The van der Waals surface area contributed by atoms with E-state index < -0.39 is 0 Å². The average molecular weight is 192 g/mol. The van der Waals surface area contributed by atoms with Crippen LogP contribution in [0.1, 0.15) is 33.1 Å². The van der Waals surface area contributed by atoms with Gasteiger partial charge in [0.2, 0.25) is 0 Å². The van der Waals surface area contributed by atoms with Crippen LogP contribution in [0.5, 0.6) is 0 Å². The van der Waals surface area contributed by atoms with Gasteiger partial charge in [0.15, 0.2) is 0 Å². The molecule has 5 aliphatic carbocycles. The first-order valence-corrected chi connectivity index (χ1v) is 6.31. The maximum absolute atomic E-state index is 5.04. The molecule has 0 aromatic heterocycles. The van der Waals surface area contributed by atoms with Gasteiger partial charge in [-0.25, -0.2) is 0 Å². The van der Waals surface area contributed by atoms with E-state index in [9.17, 15) is 0 Å². The summed E-state index contributed by atoms with van der Waals surface area (Å²) >= 11 is 5.04. The van der Waals surface area contributed by atoms with Crippen molar-refractivity contribution in [3.05, 3.63) is 0 Å². The lowest BCUT2D eigenvalue weighted by molar-refractivity contribution is -0.422. The van der Waals surface area contributed by atoms with Gasteiger partial charge >= 0.3 is 0 Å². The Labute approximate surface area is 84.9 Å². The summed E-state index contributed by atoms with van der Waals surface area (Å²) in [6, 6.07) is 0. The molecule has 70 valence electrons. The lowest BCUT2D eigenvalue weighted by atomic mass is 9.12. The maximum Gasteiger partial charge on any atom is 0.0239 e. The van der Waals surface area contributed by atoms with Crippen LogP contribution in [-0.4, -0.2) is 4.75 Å². The molecule has 0 aliphatic heterocycles. The highest BCUT2D eigenvalue weighted by atomic mass is 32.1. The SMILES string of the molecule is CCC12C3CC1[C@]1(S)C[C@@]34C(C)C241. The molecule has 0 aromatic carbocycles. The zero-order chi connectivity index (χ0) is 8.85. The predicted molar refractivity (Wildman–Crippen MR) is 54.7 cm³/mol. The largest absolute Gasteiger partial charge is 0.172 e. The summed E-state index contributed by atoms with van der Waals surface area (Å²) in [6.45, 7) is 4.94. The van der Waals surface area contributed by atoms with E-state index in [2.05, 4.69) is 13.8 Å². The van der Waals surface area contributed by atoms with Crippen LogP contribution in [0.2, 0.25) is 0 Å². The van der Waals surface area contributed by atoms with Crippen LogP contribution < -0.4 is 0 Å². The van der Waals surface area contributed by atoms with Gasteiger partial charge in [0.05, 0.1) is 0 Å². The van der Waals surface area contributed by atoms with Crippen LogP contribution in [-0.2, 0) is 0 Å². The van der Waals surface area contributed by atoms with Gasteiger partial charge in [0.1, 0.15) is 0 Å². The third kappa shape index (κ3) is 0.239. The minimum atomic E-state index is 0.539. The smallest absolute Gasteiger partial charge is 0.0239 e. The van der Waals surface area contributed by atoms with E-state index in [4.69, 9.17) is 12.6 Å². The first kappa shape index (κ1) is 6.76. The van der Waals surface area contributed by atoms with E-state index in [1.54, 1.807) is 6.42 Å². The lowest BCUT2D eigenvalue weighted by Gasteiger charge is -2.95. The Morgan fingerprint density at radius 2 is 2.15 bits per heavy atom. The van der Waals surface area contributed by atoms with E-state index in [0.29, 0.717) is 4.75 Å². The van der Waals surface area contributed by atoms with Crippen molar-refractivity contribution in [2.45, 2.75) is 37.9 Å². The van der Waals surface area contributed by atoms with Crippen molar-refractivity contribution in [3.63, 3.8) is 0 Å². The minimum absolute atomic E-state index is 0.539. The third-order valence-corrected chi connectivity index (χ3v) is 8.37. The second-order valence-electron chi connectivity index (χ2n) is 6.41. The number of thiol groups is 1. The van der Waals surface area contributed by atoms with Crippen LogP contribution in [0, 0.1) is 34.0 Å². The van der Waals surface area contributed by atoms with Crippen LogP contribution >= 0.6 is 12.6 Å². The Hall–Kier alpha value is 0.350. The molecule has 5 unspecified atom stereocenters. The third-order valence-electron chi connectivity index (χ3n) is 7.55. The van der Waals surface area contributed by atoms with Crippen molar-refractivity contribution >= 4 is 12.6 Å². The topological polar surface area (TPSA) is 0 Å². The first-order chi connectivity index (χ1) is 6.14. The summed E-state index contributed by atoms with van der Waals surface area (Å²) < 4.78 is 0.539. The Kier molecular flexibility index (Phi) is 0.627. The summed E-state index contributed by atoms with van der Waals surface area (Å²) in [5.41, 5.74) is 2.49. The van der Waals surface area contributed by atoms with Gasteiger partial charge in [-0.15, -0.1) is 0 Å². The molecule has 1 spiro atoms. The number of hydrogen-bond acceptors (Lipinski definition) is 1. The second-order valence-corrected chi connectivity index (χ2v) is 7.20. The van der Waals surface area contributed by atoms with Crippen molar-refractivity contribution in [2.75, 3.05) is 0 Å². The van der Waals surface area contributed by atoms with Gasteiger partial charge in [0, 0.05) is 10.2 Å². The van der Waals surface area contributed by atoms with E-state index >= 15 is 0 Å². The fourth-order valence-electron chi connectivity index (χ4n) is 7.85. The molecule has 5 fully saturated rings. The quantitative estimate of drug-likeness (QED) is 0.607. The minimum Gasteiger partial charge on any atom is -0.172 e. The molecule has 0 bridgehead atoms. The molecule has 0 N–H and O–H groups in total. The Morgan fingerprint density at radius 1 is 1.38 bits per heavy atom. The maximum atomic E-state index is 5.04. The van der Waals surface area contributed by atoms with Crippen LogP contribution in [0.4, 0.5) is 0 Å². The fraction of sp³-hybridized carbons (Fsp3) is 1.00. The molecule has 1 heteroatoms. The predicted octanol–water partition coefficient (Wildman–Crippen LogP) is 2.74. The van der Waals surface area contributed by atoms with Crippen molar-refractivity contribution in [1.82, 2.24) is 0 Å². The number of fused-ring (bicyclic) bond motifs is 1. The molecule has 0 amide bonds. The molecule has 0 nitrogen and oxygen atoms in total. The zero-order valence-corrected chi connectivity index (χ0v) is 9.20. The summed E-state index contributed by atoms with van der Waals surface area (Å²) in [6.07, 6.45) is 4.49. The number of rotatable bonds is 1. The molecule has 5 aliphatic rings. The summed E-state index contributed by atoms with van der Waals surface area (Å²) in [4.78, 5) is 0. The van der Waals surface area contributed by atoms with Gasteiger partial charge in [-0.05, 0) is 47.8 Å². The molecule has 0 radical (unpaired) electrons. The fourth-order valence-corrected chi connectivity index (χ4v) is 9.05. The molecule has 5 rings (SSSR count). The molecule has 7 atom stereocenters. The van der Waals surface area contributed by atoms with E-state index in [1.807, 2.05) is 0 Å². The number of hydrogen-bond donors (Lipinski definition) is 1. The van der Waals surface area contributed by atoms with Crippen LogP contribution in [0.15, 0.2) is 0 Å². The van der Waals surface area contributed by atoms with E-state index in [0.717, 1.165) is 34.0 Å². The monoisotopic (exact) mass is 192 g/mol. The standard InChI is InChI=1S/C12H16S/c1-3-9-7-4-8(9)11(13)5-10(7)6(2)12(9,10)11/h6-8,13H,3-5H2,1-2H3/t6?,7?,8?,9?,10-,11-,12?/m1/s1. The molecule has 0 saturated heterocycles. The van der Waals surface area contributed by atoms with E-state index in [1.165, 1.54) is 12.8 Å². The lowest BCUT2D eigenvalue weighted by Crippen LogP contribution is -2.93. The zero-order valence-electron chi connectivity index (χ0n) is 8.30. The molecule has 5 saturated carbocycles. The van der Waals surface area contributed by atoms with Crippen LogP contribution in [0.25, 0.3) is 0 Å². The highest BCUT2D eigenvalue weighted by Gasteiger charge is 3.15. The molecule has 13 heavy (non-hydrogen) atoms. The van der Waals surface area contributed by atoms with Gasteiger partial charge in [-0.2, -0.15) is 12.6 Å². The van der Waals surface area contributed by atoms with Gasteiger partial charge in [-0.3, -0.25) is 0 Å². The highest BCUT2D eigenvalue weighted by Crippen LogP contribution is 3.17. The van der Waals surface area contributed by atoms with Crippen molar-refractivity contribution in [1.29, 1.82) is 0 Å². The Bertz CT molecular complexity index is 357. The van der Waals surface area contributed by atoms with Crippen molar-refractivity contribution in [3.8, 4) is 0 Å². The van der Waals surface area contributed by atoms with E-state index in [-0.39, 0.29) is 0 Å². The van der Waals surface area contributed by atoms with Crippen molar-refractivity contribution in [2.24, 2.45) is 34.0 Å². The Morgan fingerprint density at radius 3 is 2.69 bits per heavy atom. The average Bonchev–Trinajstić information content (AvgIpc) is 2.49. The second kappa shape index (κ2) is 1.20. The molecular weight excluding hydrogens is 176 g/mol. The highest BCUT2D eigenvalue weighted by molar-refractivity contribution is 7.82.